The Bertz CT molecular complexity index is 570. The highest BCUT2D eigenvalue weighted by atomic mass is 16.5. The van der Waals surface area contributed by atoms with Gasteiger partial charge < -0.3 is 15.2 Å². The molecule has 0 spiro atoms. The summed E-state index contributed by atoms with van der Waals surface area (Å²) in [4.78, 5) is 16.2. The summed E-state index contributed by atoms with van der Waals surface area (Å²) in [7, 11) is 0. The Morgan fingerprint density at radius 1 is 1.29 bits per heavy atom. The maximum atomic E-state index is 12.2. The van der Waals surface area contributed by atoms with Crippen molar-refractivity contribution in [3.8, 4) is 5.88 Å². The summed E-state index contributed by atoms with van der Waals surface area (Å²) in [6.07, 6.45) is 1.46. The van der Waals surface area contributed by atoms with Crippen LogP contribution in [0.15, 0.2) is 48.7 Å². The first-order valence-corrected chi connectivity index (χ1v) is 6.80. The van der Waals surface area contributed by atoms with E-state index in [0.29, 0.717) is 18.1 Å². The molecule has 2 aromatic rings. The molecule has 0 aliphatic carbocycles. The summed E-state index contributed by atoms with van der Waals surface area (Å²) in [5.74, 6) is 0.198. The van der Waals surface area contributed by atoms with Gasteiger partial charge in [0.1, 0.15) is 0 Å². The fourth-order valence-corrected chi connectivity index (χ4v) is 1.91. The summed E-state index contributed by atoms with van der Waals surface area (Å²) in [6.45, 7) is 2.23. The average Bonchev–Trinajstić information content (AvgIpc) is 2.54. The van der Waals surface area contributed by atoms with Crippen molar-refractivity contribution in [1.29, 1.82) is 0 Å². The van der Waals surface area contributed by atoms with Crippen molar-refractivity contribution in [2.45, 2.75) is 13.0 Å². The van der Waals surface area contributed by atoms with Crippen molar-refractivity contribution in [1.82, 2.24) is 10.3 Å². The second kappa shape index (κ2) is 7.40. The molecular weight excluding hydrogens is 268 g/mol. The Hall–Kier alpha value is -2.40. The molecule has 1 aromatic heterocycles. The smallest absolute Gasteiger partial charge is 0.253 e. The lowest BCUT2D eigenvalue weighted by atomic mass is 10.1. The predicted molar refractivity (Wildman–Crippen MR) is 79.1 cm³/mol. The topological polar surface area (TPSA) is 71.5 Å². The highest BCUT2D eigenvalue weighted by molar-refractivity contribution is 5.94. The second-order valence-corrected chi connectivity index (χ2v) is 4.44. The van der Waals surface area contributed by atoms with Crippen LogP contribution in [0.1, 0.15) is 28.9 Å². The molecule has 5 heteroatoms. The van der Waals surface area contributed by atoms with Crippen molar-refractivity contribution in [3.05, 3.63) is 59.8 Å². The number of aliphatic hydroxyl groups is 1. The minimum Gasteiger partial charge on any atom is -0.478 e. The van der Waals surface area contributed by atoms with Gasteiger partial charge in [0, 0.05) is 12.3 Å². The van der Waals surface area contributed by atoms with Crippen LogP contribution in [0.2, 0.25) is 0 Å². The van der Waals surface area contributed by atoms with Gasteiger partial charge in [-0.25, -0.2) is 4.98 Å². The molecule has 0 saturated heterocycles. The van der Waals surface area contributed by atoms with Gasteiger partial charge >= 0.3 is 0 Å². The van der Waals surface area contributed by atoms with Gasteiger partial charge in [-0.15, -0.1) is 0 Å². The number of nitrogens with one attached hydrogen (secondary N) is 1. The number of pyridine rings is 1. The molecule has 0 aliphatic rings. The van der Waals surface area contributed by atoms with Gasteiger partial charge in [0.2, 0.25) is 5.88 Å². The molecule has 2 rings (SSSR count). The third kappa shape index (κ3) is 4.03. The molecule has 0 bridgehead atoms. The Morgan fingerprint density at radius 2 is 2.05 bits per heavy atom. The number of amides is 1. The zero-order valence-electron chi connectivity index (χ0n) is 11.8. The van der Waals surface area contributed by atoms with Crippen LogP contribution < -0.4 is 10.1 Å². The number of benzene rings is 1. The Kier molecular flexibility index (Phi) is 5.29. The fourth-order valence-electron chi connectivity index (χ4n) is 1.91. The van der Waals surface area contributed by atoms with Crippen LogP contribution in [0, 0.1) is 0 Å². The van der Waals surface area contributed by atoms with E-state index < -0.39 is 6.04 Å². The van der Waals surface area contributed by atoms with E-state index in [0.717, 1.165) is 5.56 Å². The Morgan fingerprint density at radius 3 is 2.62 bits per heavy atom. The summed E-state index contributed by atoms with van der Waals surface area (Å²) >= 11 is 0. The van der Waals surface area contributed by atoms with E-state index in [2.05, 4.69) is 10.3 Å². The van der Waals surface area contributed by atoms with Gasteiger partial charge in [-0.1, -0.05) is 30.3 Å². The number of nitrogens with zero attached hydrogens (tertiary/aromatic N) is 1. The van der Waals surface area contributed by atoms with Crippen molar-refractivity contribution < 1.29 is 14.6 Å². The molecule has 21 heavy (non-hydrogen) atoms. The van der Waals surface area contributed by atoms with Crippen LogP contribution >= 0.6 is 0 Å². The summed E-state index contributed by atoms with van der Waals surface area (Å²) in [5.41, 5.74) is 1.28. The molecule has 1 atom stereocenters. The van der Waals surface area contributed by atoms with E-state index >= 15 is 0 Å². The van der Waals surface area contributed by atoms with E-state index in [1.54, 1.807) is 12.1 Å². The van der Waals surface area contributed by atoms with Gasteiger partial charge in [-0.3, -0.25) is 4.79 Å². The summed E-state index contributed by atoms with van der Waals surface area (Å²) in [6, 6.07) is 12.2. The van der Waals surface area contributed by atoms with Gasteiger partial charge in [-0.2, -0.15) is 0 Å². The first-order chi connectivity index (χ1) is 10.2. The van der Waals surface area contributed by atoms with Crippen molar-refractivity contribution in [3.63, 3.8) is 0 Å². The molecule has 5 nitrogen and oxygen atoms in total. The lowest BCUT2D eigenvalue weighted by Gasteiger charge is -2.16. The molecule has 1 unspecified atom stereocenters. The molecule has 1 amide bonds. The van der Waals surface area contributed by atoms with E-state index in [1.165, 1.54) is 6.20 Å². The molecule has 0 saturated carbocycles. The number of hydrogen-bond acceptors (Lipinski definition) is 4. The fraction of sp³-hybridized carbons (Fsp3) is 0.250. The minimum atomic E-state index is -0.440. The van der Waals surface area contributed by atoms with Gasteiger partial charge in [0.15, 0.2) is 0 Å². The van der Waals surface area contributed by atoms with Crippen LogP contribution in [-0.2, 0) is 0 Å². The predicted octanol–water partition coefficient (Wildman–Crippen LogP) is 1.94. The van der Waals surface area contributed by atoms with E-state index in [1.807, 2.05) is 37.3 Å². The SMILES string of the molecule is CCOc1ccc(C(=O)NC(CO)c2ccccc2)cn1. The third-order valence-corrected chi connectivity index (χ3v) is 2.98. The molecule has 0 fully saturated rings. The molecule has 0 aliphatic heterocycles. The second-order valence-electron chi connectivity index (χ2n) is 4.44. The monoisotopic (exact) mass is 286 g/mol. The number of carbonyl (C=O) groups is 1. The third-order valence-electron chi connectivity index (χ3n) is 2.98. The number of rotatable bonds is 6. The van der Waals surface area contributed by atoms with E-state index in [9.17, 15) is 9.90 Å². The normalized spacial score (nSPS) is 11.7. The lowest BCUT2D eigenvalue weighted by molar-refractivity contribution is 0.0915. The molecule has 0 radical (unpaired) electrons. The lowest BCUT2D eigenvalue weighted by Crippen LogP contribution is -2.30. The quantitative estimate of drug-likeness (QED) is 0.851. The summed E-state index contributed by atoms with van der Waals surface area (Å²) < 4.78 is 5.23. The molecule has 2 N–H and O–H groups in total. The van der Waals surface area contributed by atoms with Crippen LogP contribution in [0.4, 0.5) is 0 Å². The average molecular weight is 286 g/mol. The molecule has 1 heterocycles. The molecular formula is C16H18N2O3. The minimum absolute atomic E-state index is 0.166. The number of carbonyl (C=O) groups excluding carboxylic acids is 1. The van der Waals surface area contributed by atoms with Crippen molar-refractivity contribution >= 4 is 5.91 Å². The van der Waals surface area contributed by atoms with E-state index in [-0.39, 0.29) is 12.5 Å². The number of aromatic nitrogens is 1. The number of hydrogen-bond donors (Lipinski definition) is 2. The zero-order valence-corrected chi connectivity index (χ0v) is 11.8. The van der Waals surface area contributed by atoms with Gasteiger partial charge in [0.25, 0.3) is 5.91 Å². The first-order valence-electron chi connectivity index (χ1n) is 6.80. The van der Waals surface area contributed by atoms with Crippen LogP contribution in [0.25, 0.3) is 0 Å². The summed E-state index contributed by atoms with van der Waals surface area (Å²) in [5, 5.41) is 12.2. The van der Waals surface area contributed by atoms with Crippen molar-refractivity contribution in [2.75, 3.05) is 13.2 Å². The Balaban J connectivity index is 2.05. The molecule has 1 aromatic carbocycles. The van der Waals surface area contributed by atoms with Crippen molar-refractivity contribution in [2.24, 2.45) is 0 Å². The number of aliphatic hydroxyl groups excluding tert-OH is 1. The first kappa shape index (κ1) is 15.0. The standard InChI is InChI=1S/C16H18N2O3/c1-2-21-15-9-8-13(10-17-15)16(20)18-14(11-19)12-6-4-3-5-7-12/h3-10,14,19H,2,11H2,1H3,(H,18,20). The van der Waals surface area contributed by atoms with Crippen LogP contribution in [0.3, 0.4) is 0 Å². The van der Waals surface area contributed by atoms with Gasteiger partial charge in [-0.05, 0) is 18.6 Å². The van der Waals surface area contributed by atoms with E-state index in [4.69, 9.17) is 4.74 Å². The molecule has 110 valence electrons. The maximum Gasteiger partial charge on any atom is 0.253 e. The van der Waals surface area contributed by atoms with Gasteiger partial charge in [0.05, 0.1) is 24.8 Å². The van der Waals surface area contributed by atoms with Crippen LogP contribution in [0.5, 0.6) is 5.88 Å². The van der Waals surface area contributed by atoms with Crippen LogP contribution in [-0.4, -0.2) is 29.2 Å². The number of ether oxygens (including phenoxy) is 1. The highest BCUT2D eigenvalue weighted by Crippen LogP contribution is 2.13. The highest BCUT2D eigenvalue weighted by Gasteiger charge is 2.15. The Labute approximate surface area is 123 Å². The maximum absolute atomic E-state index is 12.2. The zero-order chi connectivity index (χ0) is 15.1. The largest absolute Gasteiger partial charge is 0.478 e.